The molecule has 2 aliphatic rings. The van der Waals surface area contributed by atoms with E-state index >= 15 is 0 Å². The summed E-state index contributed by atoms with van der Waals surface area (Å²) < 4.78 is 45.0. The lowest BCUT2D eigenvalue weighted by Gasteiger charge is -2.32. The summed E-state index contributed by atoms with van der Waals surface area (Å²) in [4.78, 5) is 23.6. The number of halogens is 1. The number of anilines is 1. The molecule has 3 aromatic heterocycles. The molecular formula is C32H38ClN5O5S2. The molecule has 1 aliphatic carbocycles. The molecule has 1 aliphatic heterocycles. The van der Waals surface area contributed by atoms with E-state index in [2.05, 4.69) is 10.3 Å². The zero-order valence-electron chi connectivity index (χ0n) is 25.9. The van der Waals surface area contributed by atoms with Crippen molar-refractivity contribution < 1.29 is 22.7 Å². The van der Waals surface area contributed by atoms with E-state index in [4.69, 9.17) is 26.1 Å². The Labute approximate surface area is 272 Å². The number of carbonyl (C=O) groups is 1. The summed E-state index contributed by atoms with van der Waals surface area (Å²) in [6.45, 7) is 9.99. The first-order chi connectivity index (χ1) is 21.4. The first-order valence-corrected chi connectivity index (χ1v) is 17.9. The fourth-order valence-electron chi connectivity index (χ4n) is 6.55. The summed E-state index contributed by atoms with van der Waals surface area (Å²) in [6.07, 6.45) is 3.87. The van der Waals surface area contributed by atoms with Crippen molar-refractivity contribution >= 4 is 55.7 Å². The number of pyridine rings is 1. The van der Waals surface area contributed by atoms with Gasteiger partial charge in [0.05, 0.1) is 39.9 Å². The zero-order chi connectivity index (χ0) is 32.1. The van der Waals surface area contributed by atoms with Crippen LogP contribution >= 0.6 is 22.9 Å². The molecule has 1 saturated heterocycles. The Morgan fingerprint density at radius 2 is 1.89 bits per heavy atom. The number of rotatable bonds is 10. The quantitative estimate of drug-likeness (QED) is 0.224. The van der Waals surface area contributed by atoms with Crippen LogP contribution in [0.4, 0.5) is 5.69 Å². The molecule has 1 N–H and O–H groups in total. The molecule has 4 heterocycles. The fourth-order valence-corrected chi connectivity index (χ4v) is 9.47. The van der Waals surface area contributed by atoms with Crippen LogP contribution in [-0.4, -0.2) is 59.4 Å². The van der Waals surface area contributed by atoms with Gasteiger partial charge in [0, 0.05) is 24.0 Å². The number of benzene rings is 1. The first kappa shape index (κ1) is 31.9. The number of fused-ring (bicyclic) bond motifs is 2. The van der Waals surface area contributed by atoms with E-state index in [9.17, 15) is 13.2 Å². The number of hydrogen-bond donors (Lipinski definition) is 1. The number of carbonyl (C=O) groups excluding carboxylic acids is 1. The van der Waals surface area contributed by atoms with Gasteiger partial charge in [0.1, 0.15) is 17.7 Å². The van der Waals surface area contributed by atoms with Gasteiger partial charge in [0.15, 0.2) is 11.4 Å². The highest BCUT2D eigenvalue weighted by atomic mass is 35.5. The molecule has 1 amide bonds. The van der Waals surface area contributed by atoms with Crippen molar-refractivity contribution in [3.05, 3.63) is 69.8 Å². The summed E-state index contributed by atoms with van der Waals surface area (Å²) >= 11 is 8.00. The van der Waals surface area contributed by atoms with Gasteiger partial charge in [0.2, 0.25) is 5.91 Å². The summed E-state index contributed by atoms with van der Waals surface area (Å²) in [6, 6.07) is 9.66. The number of imidazole rings is 1. The summed E-state index contributed by atoms with van der Waals surface area (Å²) in [5, 5.41) is 5.47. The second kappa shape index (κ2) is 12.3. The van der Waals surface area contributed by atoms with Crippen molar-refractivity contribution in [2.24, 2.45) is 5.92 Å². The van der Waals surface area contributed by atoms with Gasteiger partial charge < -0.3 is 19.4 Å². The average Bonchev–Trinajstić information content (AvgIpc) is 3.76. The topological polar surface area (TPSA) is 116 Å². The normalized spacial score (nSPS) is 23.2. The van der Waals surface area contributed by atoms with E-state index < -0.39 is 40.0 Å². The van der Waals surface area contributed by atoms with Crippen LogP contribution in [0.3, 0.4) is 0 Å². The number of sulfonamides is 1. The third kappa shape index (κ3) is 5.87. The second-order valence-electron chi connectivity index (χ2n) is 12.1. The van der Waals surface area contributed by atoms with Crippen LogP contribution in [0.15, 0.2) is 59.2 Å². The standard InChI is InChI=1S/C32H38ClN5O5S2/c1-6-20(16-26-23(33)13-15-44-26)38(45(40,41)21-10-8-19(3)9-11-21)24-12-14-35-30-27(24)36-18-37(30)25-17-22(31(39)34-7-2)28-29(25)43-32(4,5)42-28/h8-15,18,20,22,25,28-29H,6-7,16-17H2,1-5H3,(H,34,39). The predicted molar refractivity (Wildman–Crippen MR) is 175 cm³/mol. The molecule has 0 radical (unpaired) electrons. The Morgan fingerprint density at radius 3 is 2.56 bits per heavy atom. The van der Waals surface area contributed by atoms with Gasteiger partial charge in [-0.2, -0.15) is 0 Å². The lowest BCUT2D eigenvalue weighted by atomic mass is 10.0. The number of thiophene rings is 1. The molecule has 5 unspecified atom stereocenters. The van der Waals surface area contributed by atoms with Gasteiger partial charge in [-0.15, -0.1) is 11.3 Å². The second-order valence-corrected chi connectivity index (χ2v) is 15.3. The molecule has 240 valence electrons. The SMILES string of the molecule is CCNC(=O)C1CC(n2cnc3c(N(C(CC)Cc4sccc4Cl)S(=O)(=O)c4ccc(C)cc4)ccnc32)C2OC(C)(C)OC12. The number of ether oxygens (including phenoxy) is 2. The fraction of sp³-hybridized carbons (Fsp3) is 0.469. The Bertz CT molecular complexity index is 1810. The van der Waals surface area contributed by atoms with Crippen LogP contribution in [0.2, 0.25) is 5.02 Å². The van der Waals surface area contributed by atoms with E-state index in [0.29, 0.717) is 47.7 Å². The van der Waals surface area contributed by atoms with Crippen molar-refractivity contribution in [3.63, 3.8) is 0 Å². The van der Waals surface area contributed by atoms with E-state index in [-0.39, 0.29) is 16.8 Å². The minimum atomic E-state index is -4.04. The van der Waals surface area contributed by atoms with Crippen LogP contribution in [-0.2, 0) is 30.7 Å². The van der Waals surface area contributed by atoms with Crippen LogP contribution in [0.1, 0.15) is 57.0 Å². The third-order valence-electron chi connectivity index (χ3n) is 8.65. The molecule has 4 aromatic rings. The maximum Gasteiger partial charge on any atom is 0.264 e. The number of amides is 1. The van der Waals surface area contributed by atoms with Gasteiger partial charge >= 0.3 is 0 Å². The van der Waals surface area contributed by atoms with Crippen LogP contribution in [0.5, 0.6) is 0 Å². The minimum Gasteiger partial charge on any atom is -0.356 e. The summed E-state index contributed by atoms with van der Waals surface area (Å²) in [7, 11) is -4.04. The molecule has 6 rings (SSSR count). The van der Waals surface area contributed by atoms with Crippen LogP contribution < -0.4 is 9.62 Å². The number of hydrogen-bond acceptors (Lipinski definition) is 8. The average molecular weight is 672 g/mol. The summed E-state index contributed by atoms with van der Waals surface area (Å²) in [5.41, 5.74) is 2.34. The highest BCUT2D eigenvalue weighted by Gasteiger charge is 2.57. The molecule has 1 aromatic carbocycles. The van der Waals surface area contributed by atoms with E-state index in [1.807, 2.05) is 50.6 Å². The summed E-state index contributed by atoms with van der Waals surface area (Å²) in [5.74, 6) is -1.35. The molecular weight excluding hydrogens is 634 g/mol. The minimum absolute atomic E-state index is 0.0808. The van der Waals surface area contributed by atoms with Gasteiger partial charge in [-0.25, -0.2) is 18.4 Å². The van der Waals surface area contributed by atoms with Crippen LogP contribution in [0.25, 0.3) is 11.2 Å². The van der Waals surface area contributed by atoms with Crippen molar-refractivity contribution in [2.45, 2.75) is 88.9 Å². The number of aryl methyl sites for hydroxylation is 1. The Morgan fingerprint density at radius 1 is 1.16 bits per heavy atom. The maximum absolute atomic E-state index is 14.5. The highest BCUT2D eigenvalue weighted by Crippen LogP contribution is 2.48. The molecule has 0 spiro atoms. The van der Waals surface area contributed by atoms with Gasteiger partial charge in [-0.1, -0.05) is 36.2 Å². The largest absolute Gasteiger partial charge is 0.356 e. The molecule has 45 heavy (non-hydrogen) atoms. The Hall–Kier alpha value is -3.03. The van der Waals surface area contributed by atoms with Crippen molar-refractivity contribution in [1.29, 1.82) is 0 Å². The lowest BCUT2D eigenvalue weighted by Crippen LogP contribution is -2.41. The number of nitrogens with one attached hydrogen (secondary N) is 1. The molecule has 13 heteroatoms. The zero-order valence-corrected chi connectivity index (χ0v) is 28.3. The van der Waals surface area contributed by atoms with Crippen molar-refractivity contribution in [2.75, 3.05) is 10.8 Å². The van der Waals surface area contributed by atoms with Gasteiger partial charge in [-0.05, 0) is 70.2 Å². The lowest BCUT2D eigenvalue weighted by molar-refractivity contribution is -0.163. The Kier molecular flexibility index (Phi) is 8.72. The smallest absolute Gasteiger partial charge is 0.264 e. The molecule has 2 fully saturated rings. The monoisotopic (exact) mass is 671 g/mol. The predicted octanol–water partition coefficient (Wildman–Crippen LogP) is 5.89. The third-order valence-corrected chi connectivity index (χ3v) is 11.9. The first-order valence-electron chi connectivity index (χ1n) is 15.2. The highest BCUT2D eigenvalue weighted by molar-refractivity contribution is 7.92. The van der Waals surface area contributed by atoms with Crippen molar-refractivity contribution in [1.82, 2.24) is 19.9 Å². The molecule has 1 saturated carbocycles. The van der Waals surface area contributed by atoms with E-state index in [1.54, 1.807) is 42.9 Å². The molecule has 10 nitrogen and oxygen atoms in total. The molecule has 5 atom stereocenters. The van der Waals surface area contributed by atoms with Gasteiger partial charge in [0.25, 0.3) is 10.0 Å². The van der Waals surface area contributed by atoms with Crippen LogP contribution in [0, 0.1) is 12.8 Å². The van der Waals surface area contributed by atoms with Gasteiger partial charge in [-0.3, -0.25) is 9.10 Å². The number of aromatic nitrogens is 3. The molecule has 0 bridgehead atoms. The Balaban J connectivity index is 1.46. The maximum atomic E-state index is 14.5. The van der Waals surface area contributed by atoms with E-state index in [0.717, 1.165) is 10.4 Å². The van der Waals surface area contributed by atoms with Crippen molar-refractivity contribution in [3.8, 4) is 0 Å². The van der Waals surface area contributed by atoms with E-state index in [1.165, 1.54) is 15.6 Å². The number of nitrogens with zero attached hydrogens (tertiary/aromatic N) is 4.